The molecule has 4 rings (SSSR count). The maximum Gasteiger partial charge on any atom is 0.257 e. The zero-order valence-corrected chi connectivity index (χ0v) is 19.5. The van der Waals surface area contributed by atoms with E-state index in [1.807, 2.05) is 24.3 Å². The largest absolute Gasteiger partial charge is 0.696 e. The van der Waals surface area contributed by atoms with E-state index in [9.17, 15) is 9.18 Å². The van der Waals surface area contributed by atoms with Crippen molar-refractivity contribution in [3.8, 4) is 0 Å². The first-order valence-corrected chi connectivity index (χ1v) is 11.9. The van der Waals surface area contributed by atoms with Gasteiger partial charge in [-0.2, -0.15) is 0 Å². The zero-order chi connectivity index (χ0) is 23.9. The summed E-state index contributed by atoms with van der Waals surface area (Å²) < 4.78 is 14.1. The third-order valence-corrected chi connectivity index (χ3v) is 6.42. The molecule has 6 heteroatoms. The van der Waals surface area contributed by atoms with Gasteiger partial charge in [-0.15, -0.1) is 5.70 Å². The van der Waals surface area contributed by atoms with Crippen LogP contribution in [-0.4, -0.2) is 41.9 Å². The maximum absolute atomic E-state index is 14.1. The highest BCUT2D eigenvalue weighted by molar-refractivity contribution is 6.07. The van der Waals surface area contributed by atoms with Gasteiger partial charge in [-0.05, 0) is 74.8 Å². The maximum atomic E-state index is 14.1. The first kappa shape index (κ1) is 23.9. The standard InChI is InChI=1S/C28H32FN4O/c1-2-26-27(30)24(28(34)33(26)20-23-8-3-4-9-25(23)29)18-21-10-12-22(13-11-21)19-31-14-7-17-32-15-5-6-16-32/h2-4,8-13,18,30-31H,1,5-7,14-17,19-20H2/q-1/b24-18+. The minimum Gasteiger partial charge on any atom is -0.696 e. The van der Waals surface area contributed by atoms with Crippen LogP contribution in [-0.2, 0) is 17.9 Å². The Labute approximate surface area is 201 Å². The summed E-state index contributed by atoms with van der Waals surface area (Å²) in [6, 6.07) is 14.4. The summed E-state index contributed by atoms with van der Waals surface area (Å²) in [7, 11) is 0. The predicted octanol–water partition coefficient (Wildman–Crippen LogP) is 5.28. The Morgan fingerprint density at radius 1 is 1.09 bits per heavy atom. The van der Waals surface area contributed by atoms with Gasteiger partial charge in [0.05, 0.1) is 6.54 Å². The van der Waals surface area contributed by atoms with Gasteiger partial charge in [0, 0.05) is 23.4 Å². The number of amides is 1. The van der Waals surface area contributed by atoms with Gasteiger partial charge in [0.2, 0.25) is 0 Å². The van der Waals surface area contributed by atoms with Crippen molar-refractivity contribution in [3.05, 3.63) is 106 Å². The summed E-state index contributed by atoms with van der Waals surface area (Å²) >= 11 is 0. The second-order valence-corrected chi connectivity index (χ2v) is 8.83. The first-order valence-electron chi connectivity index (χ1n) is 11.9. The van der Waals surface area contributed by atoms with E-state index in [2.05, 4.69) is 16.8 Å². The van der Waals surface area contributed by atoms with Crippen molar-refractivity contribution in [2.24, 2.45) is 0 Å². The van der Waals surface area contributed by atoms with Crippen LogP contribution in [0.1, 0.15) is 36.0 Å². The molecule has 2 aliphatic heterocycles. The topological polar surface area (TPSA) is 59.4 Å². The summed E-state index contributed by atoms with van der Waals surface area (Å²) in [6.45, 7) is 9.26. The molecule has 34 heavy (non-hydrogen) atoms. The minimum atomic E-state index is -0.372. The molecule has 2 heterocycles. The number of allylic oxidation sites excluding steroid dienone is 1. The van der Waals surface area contributed by atoms with Crippen molar-refractivity contribution in [2.45, 2.75) is 32.4 Å². The molecule has 178 valence electrons. The molecular weight excluding hydrogens is 427 g/mol. The van der Waals surface area contributed by atoms with Gasteiger partial charge in [0.15, 0.2) is 0 Å². The summed E-state index contributed by atoms with van der Waals surface area (Å²) in [5.74, 6) is -0.685. The molecule has 1 saturated heterocycles. The highest BCUT2D eigenvalue weighted by Crippen LogP contribution is 2.33. The van der Waals surface area contributed by atoms with E-state index in [1.165, 1.54) is 48.5 Å². The van der Waals surface area contributed by atoms with E-state index < -0.39 is 0 Å². The second kappa shape index (κ2) is 11.3. The Morgan fingerprint density at radius 2 is 1.82 bits per heavy atom. The van der Waals surface area contributed by atoms with E-state index in [4.69, 9.17) is 5.73 Å². The first-order chi connectivity index (χ1) is 16.6. The number of nitrogens with one attached hydrogen (secondary N) is 2. The van der Waals surface area contributed by atoms with Crippen molar-refractivity contribution < 1.29 is 9.18 Å². The lowest BCUT2D eigenvalue weighted by Gasteiger charge is -2.19. The molecule has 1 fully saturated rings. The molecule has 2 aromatic carbocycles. The number of rotatable bonds is 10. The third-order valence-electron chi connectivity index (χ3n) is 6.42. The number of carbonyl (C=O) groups excluding carboxylic acids is 1. The van der Waals surface area contributed by atoms with E-state index in [1.54, 1.807) is 24.3 Å². The lowest BCUT2D eigenvalue weighted by molar-refractivity contribution is -0.124. The average molecular weight is 460 g/mol. The Hall–Kier alpha value is -3.22. The second-order valence-electron chi connectivity index (χ2n) is 8.83. The summed E-state index contributed by atoms with van der Waals surface area (Å²) in [5.41, 5.74) is 11.7. The zero-order valence-electron chi connectivity index (χ0n) is 19.5. The lowest BCUT2D eigenvalue weighted by Crippen LogP contribution is -2.25. The highest BCUT2D eigenvalue weighted by Gasteiger charge is 2.29. The average Bonchev–Trinajstić information content (AvgIpc) is 3.44. The minimum absolute atomic E-state index is 0.0644. The molecule has 1 amide bonds. The molecule has 0 radical (unpaired) electrons. The SMILES string of the molecule is C=CC1=C([NH-])/C(=C\c2ccc(CNCCCN3CCCC3)cc2)C(=O)N1Cc1ccccc1F. The van der Waals surface area contributed by atoms with Gasteiger partial charge in [0.25, 0.3) is 5.91 Å². The van der Waals surface area contributed by atoms with Crippen LogP contribution in [0.25, 0.3) is 11.8 Å². The van der Waals surface area contributed by atoms with E-state index in [0.29, 0.717) is 16.8 Å². The smallest absolute Gasteiger partial charge is 0.257 e. The molecule has 0 unspecified atom stereocenters. The molecule has 0 aromatic heterocycles. The van der Waals surface area contributed by atoms with E-state index in [0.717, 1.165) is 31.6 Å². The molecule has 2 aliphatic rings. The number of hydrogen-bond donors (Lipinski definition) is 1. The van der Waals surface area contributed by atoms with Crippen LogP contribution in [0.4, 0.5) is 4.39 Å². The van der Waals surface area contributed by atoms with Crippen LogP contribution in [0.15, 0.2) is 78.2 Å². The molecule has 0 saturated carbocycles. The number of hydrogen-bond acceptors (Lipinski definition) is 3. The number of carbonyl (C=O) groups is 1. The number of benzene rings is 2. The number of likely N-dealkylation sites (tertiary alicyclic amines) is 1. The molecular formula is C28H32FN4O-. The van der Waals surface area contributed by atoms with Crippen LogP contribution < -0.4 is 5.32 Å². The fourth-order valence-corrected chi connectivity index (χ4v) is 4.50. The Bertz CT molecular complexity index is 1080. The summed E-state index contributed by atoms with van der Waals surface area (Å²) in [5, 5.41) is 3.50. The number of nitrogens with zero attached hydrogens (tertiary/aromatic N) is 2. The Balaban J connectivity index is 1.36. The van der Waals surface area contributed by atoms with Crippen molar-refractivity contribution in [1.82, 2.24) is 15.1 Å². The van der Waals surface area contributed by atoms with Gasteiger partial charge in [0.1, 0.15) is 5.82 Å². The Kier molecular flexibility index (Phi) is 7.93. The van der Waals surface area contributed by atoms with Crippen LogP contribution in [0.2, 0.25) is 0 Å². The summed E-state index contributed by atoms with van der Waals surface area (Å²) in [6.07, 6.45) is 7.03. The predicted molar refractivity (Wildman–Crippen MR) is 135 cm³/mol. The molecule has 0 spiro atoms. The lowest BCUT2D eigenvalue weighted by atomic mass is 10.1. The van der Waals surface area contributed by atoms with Crippen molar-refractivity contribution in [3.63, 3.8) is 0 Å². The third kappa shape index (κ3) is 5.64. The molecule has 5 nitrogen and oxygen atoms in total. The Morgan fingerprint density at radius 3 is 2.53 bits per heavy atom. The fraction of sp³-hybridized carbons (Fsp3) is 0.321. The van der Waals surface area contributed by atoms with Crippen LogP contribution in [0.3, 0.4) is 0 Å². The van der Waals surface area contributed by atoms with Gasteiger partial charge in [-0.25, -0.2) is 4.39 Å². The number of halogens is 1. The molecule has 2 N–H and O–H groups in total. The normalized spacial score (nSPS) is 17.9. The summed E-state index contributed by atoms with van der Waals surface area (Å²) in [4.78, 5) is 17.0. The van der Waals surface area contributed by atoms with Crippen LogP contribution in [0.5, 0.6) is 0 Å². The van der Waals surface area contributed by atoms with Crippen LogP contribution in [0, 0.1) is 5.82 Å². The van der Waals surface area contributed by atoms with Crippen molar-refractivity contribution in [1.29, 1.82) is 0 Å². The van der Waals surface area contributed by atoms with Crippen molar-refractivity contribution in [2.75, 3.05) is 26.2 Å². The van der Waals surface area contributed by atoms with Gasteiger partial charge in [-0.1, -0.05) is 49.0 Å². The fourth-order valence-electron chi connectivity index (χ4n) is 4.50. The van der Waals surface area contributed by atoms with Gasteiger partial charge >= 0.3 is 0 Å². The quantitative estimate of drug-likeness (QED) is 0.389. The van der Waals surface area contributed by atoms with E-state index in [-0.39, 0.29) is 24.0 Å². The molecule has 0 bridgehead atoms. The highest BCUT2D eigenvalue weighted by atomic mass is 19.1. The molecule has 0 aliphatic carbocycles. The molecule has 2 aromatic rings. The van der Waals surface area contributed by atoms with Crippen molar-refractivity contribution >= 4 is 12.0 Å². The monoisotopic (exact) mass is 459 g/mol. The van der Waals surface area contributed by atoms with Gasteiger partial charge < -0.3 is 20.9 Å². The van der Waals surface area contributed by atoms with Gasteiger partial charge in [-0.3, -0.25) is 4.79 Å². The molecule has 0 atom stereocenters. The van der Waals surface area contributed by atoms with Crippen LogP contribution >= 0.6 is 0 Å². The van der Waals surface area contributed by atoms with E-state index >= 15 is 0 Å².